The van der Waals surface area contributed by atoms with Gasteiger partial charge in [-0.25, -0.2) is 0 Å². The van der Waals surface area contributed by atoms with Crippen LogP contribution in [0.2, 0.25) is 0 Å². The van der Waals surface area contributed by atoms with Crippen molar-refractivity contribution in [1.29, 1.82) is 0 Å². The van der Waals surface area contributed by atoms with E-state index in [1.165, 1.54) is 19.3 Å². The minimum absolute atomic E-state index is 0.0974. The van der Waals surface area contributed by atoms with Crippen LogP contribution in [0.4, 0.5) is 0 Å². The summed E-state index contributed by atoms with van der Waals surface area (Å²) in [6.07, 6.45) is 6.65. The van der Waals surface area contributed by atoms with Crippen molar-refractivity contribution in [1.82, 2.24) is 0 Å². The summed E-state index contributed by atoms with van der Waals surface area (Å²) in [5, 5.41) is 0. The van der Waals surface area contributed by atoms with E-state index in [1.54, 1.807) is 0 Å². The summed E-state index contributed by atoms with van der Waals surface area (Å²) in [7, 11) is 6.55. The van der Waals surface area contributed by atoms with Gasteiger partial charge in [-0.1, -0.05) is 49.6 Å². The molecular weight excluding hydrogens is 302 g/mol. The average molecular weight is 334 g/mol. The molecule has 4 nitrogen and oxygen atoms in total. The summed E-state index contributed by atoms with van der Waals surface area (Å²) in [5.41, 5.74) is 1.06. The van der Waals surface area contributed by atoms with Gasteiger partial charge in [-0.2, -0.15) is 0 Å². The Morgan fingerprint density at radius 1 is 1.08 bits per heavy atom. The molecular formula is C20H32NO3+. The maximum atomic E-state index is 6.44. The number of likely N-dealkylation sites (N-methyl/N-ethyl adjacent to an activating group) is 1. The molecule has 1 aromatic rings. The molecule has 1 aliphatic heterocycles. The molecule has 2 aliphatic rings. The van der Waals surface area contributed by atoms with Gasteiger partial charge in [-0.05, 0) is 12.8 Å². The molecule has 0 aromatic heterocycles. The zero-order chi connectivity index (χ0) is 17.0. The van der Waals surface area contributed by atoms with Gasteiger partial charge in [0.1, 0.15) is 19.3 Å². The fourth-order valence-electron chi connectivity index (χ4n) is 3.73. The van der Waals surface area contributed by atoms with Crippen molar-refractivity contribution in [2.45, 2.75) is 50.1 Å². The van der Waals surface area contributed by atoms with Crippen molar-refractivity contribution >= 4 is 0 Å². The van der Waals surface area contributed by atoms with Gasteiger partial charge < -0.3 is 18.7 Å². The lowest BCUT2D eigenvalue weighted by atomic mass is 9.97. The molecule has 1 heterocycles. The highest BCUT2D eigenvalue weighted by Gasteiger charge is 2.45. The van der Waals surface area contributed by atoms with E-state index >= 15 is 0 Å². The summed E-state index contributed by atoms with van der Waals surface area (Å²) >= 11 is 0. The van der Waals surface area contributed by atoms with Crippen molar-refractivity contribution in [3.8, 4) is 0 Å². The van der Waals surface area contributed by atoms with E-state index in [-0.39, 0.29) is 6.10 Å². The predicted molar refractivity (Wildman–Crippen MR) is 94.7 cm³/mol. The monoisotopic (exact) mass is 334 g/mol. The highest BCUT2D eigenvalue weighted by atomic mass is 16.8. The number of benzene rings is 1. The van der Waals surface area contributed by atoms with E-state index in [0.29, 0.717) is 19.3 Å². The fourth-order valence-corrected chi connectivity index (χ4v) is 3.73. The third kappa shape index (κ3) is 4.57. The maximum absolute atomic E-state index is 6.44. The van der Waals surface area contributed by atoms with Crippen LogP contribution in [0.5, 0.6) is 0 Å². The molecule has 2 unspecified atom stereocenters. The molecule has 4 heteroatoms. The van der Waals surface area contributed by atoms with Crippen molar-refractivity contribution in [3.05, 3.63) is 35.9 Å². The van der Waals surface area contributed by atoms with Crippen molar-refractivity contribution in [2.24, 2.45) is 0 Å². The molecule has 0 amide bonds. The van der Waals surface area contributed by atoms with Gasteiger partial charge in [-0.15, -0.1) is 0 Å². The molecule has 1 saturated heterocycles. The first-order valence-electron chi connectivity index (χ1n) is 9.26. The van der Waals surface area contributed by atoms with Crippen LogP contribution in [-0.2, 0) is 20.0 Å². The van der Waals surface area contributed by atoms with E-state index in [9.17, 15) is 0 Å². The van der Waals surface area contributed by atoms with Gasteiger partial charge in [-0.3, -0.25) is 0 Å². The predicted octanol–water partition coefficient (Wildman–Crippen LogP) is 3.31. The first kappa shape index (κ1) is 17.9. The van der Waals surface area contributed by atoms with Crippen LogP contribution in [-0.4, -0.2) is 57.6 Å². The van der Waals surface area contributed by atoms with Crippen LogP contribution in [0.1, 0.15) is 37.7 Å². The minimum Gasteiger partial charge on any atom is -0.372 e. The molecule has 1 aromatic carbocycles. The molecule has 3 rings (SSSR count). The first-order valence-corrected chi connectivity index (χ1v) is 9.26. The van der Waals surface area contributed by atoms with Crippen molar-refractivity contribution in [2.75, 3.05) is 40.9 Å². The molecule has 0 bridgehead atoms. The van der Waals surface area contributed by atoms with Crippen LogP contribution < -0.4 is 0 Å². The Labute approximate surface area is 146 Å². The van der Waals surface area contributed by atoms with Crippen LogP contribution in [0, 0.1) is 0 Å². The third-order valence-corrected chi connectivity index (χ3v) is 4.89. The molecule has 2 fully saturated rings. The van der Waals surface area contributed by atoms with Gasteiger partial charge in [0, 0.05) is 5.56 Å². The molecule has 1 saturated carbocycles. The van der Waals surface area contributed by atoms with Crippen molar-refractivity contribution < 1.29 is 18.7 Å². The van der Waals surface area contributed by atoms with E-state index in [4.69, 9.17) is 14.2 Å². The number of nitrogens with zero attached hydrogens (tertiary/aromatic N) is 1. The van der Waals surface area contributed by atoms with E-state index < -0.39 is 5.79 Å². The normalized spacial score (nSPS) is 29.0. The zero-order valence-corrected chi connectivity index (χ0v) is 15.4. The number of hydrogen-bond acceptors (Lipinski definition) is 3. The van der Waals surface area contributed by atoms with E-state index in [0.717, 1.165) is 29.4 Å². The number of hydrogen-bond donors (Lipinski definition) is 0. The summed E-state index contributed by atoms with van der Waals surface area (Å²) < 4.78 is 19.8. The average Bonchev–Trinajstić information content (AvgIpc) is 2.97. The second kappa shape index (κ2) is 7.52. The lowest BCUT2D eigenvalue weighted by Crippen LogP contribution is -2.43. The van der Waals surface area contributed by atoms with Crippen LogP contribution in [0.3, 0.4) is 0 Å². The summed E-state index contributed by atoms with van der Waals surface area (Å²) in [4.78, 5) is 0. The molecule has 1 aliphatic carbocycles. The SMILES string of the molecule is C[N+](C)(C)CC1COC(COC2CCCCC2)(c2ccccc2)O1. The number of ether oxygens (including phenoxy) is 3. The van der Waals surface area contributed by atoms with Crippen LogP contribution >= 0.6 is 0 Å². The molecule has 24 heavy (non-hydrogen) atoms. The molecule has 2 atom stereocenters. The fraction of sp³-hybridized carbons (Fsp3) is 0.700. The quantitative estimate of drug-likeness (QED) is 0.747. The molecule has 134 valence electrons. The highest BCUT2D eigenvalue weighted by Crippen LogP contribution is 2.36. The smallest absolute Gasteiger partial charge is 0.219 e. The Balaban J connectivity index is 1.70. The number of quaternary nitrogens is 1. The van der Waals surface area contributed by atoms with Crippen LogP contribution in [0.15, 0.2) is 30.3 Å². The Hall–Kier alpha value is -0.940. The maximum Gasteiger partial charge on any atom is 0.219 e. The topological polar surface area (TPSA) is 27.7 Å². The second-order valence-corrected chi connectivity index (χ2v) is 8.21. The molecule has 0 spiro atoms. The molecule has 0 radical (unpaired) electrons. The van der Waals surface area contributed by atoms with E-state index in [1.807, 2.05) is 18.2 Å². The Kier molecular flexibility index (Phi) is 5.60. The minimum atomic E-state index is -0.751. The van der Waals surface area contributed by atoms with Crippen LogP contribution in [0.25, 0.3) is 0 Å². The van der Waals surface area contributed by atoms with E-state index in [2.05, 4.69) is 33.3 Å². The Morgan fingerprint density at radius 3 is 2.46 bits per heavy atom. The first-order chi connectivity index (χ1) is 11.5. The van der Waals surface area contributed by atoms with Gasteiger partial charge in [0.05, 0.1) is 33.9 Å². The summed E-state index contributed by atoms with van der Waals surface area (Å²) in [5.74, 6) is -0.751. The van der Waals surface area contributed by atoms with Crippen molar-refractivity contribution in [3.63, 3.8) is 0 Å². The summed E-state index contributed by atoms with van der Waals surface area (Å²) in [6, 6.07) is 10.3. The summed E-state index contributed by atoms with van der Waals surface area (Å²) in [6.45, 7) is 2.03. The third-order valence-electron chi connectivity index (χ3n) is 4.89. The lowest BCUT2D eigenvalue weighted by molar-refractivity contribution is -0.873. The Bertz CT molecular complexity index is 507. The second-order valence-electron chi connectivity index (χ2n) is 8.21. The largest absolute Gasteiger partial charge is 0.372 e. The highest BCUT2D eigenvalue weighted by molar-refractivity contribution is 5.21. The molecule has 0 N–H and O–H groups in total. The number of rotatable bonds is 6. The zero-order valence-electron chi connectivity index (χ0n) is 15.4. The van der Waals surface area contributed by atoms with Gasteiger partial charge in [0.15, 0.2) is 0 Å². The van der Waals surface area contributed by atoms with Gasteiger partial charge >= 0.3 is 0 Å². The standard InChI is InChI=1S/C20H32NO3/c1-21(2,3)14-19-15-23-20(24-19,17-10-6-4-7-11-17)16-22-18-12-8-5-9-13-18/h4,6-7,10-11,18-19H,5,8-9,12-16H2,1-3H3/q+1. The lowest BCUT2D eigenvalue weighted by Gasteiger charge is -2.32. The Morgan fingerprint density at radius 2 is 1.79 bits per heavy atom. The van der Waals surface area contributed by atoms with Gasteiger partial charge in [0.25, 0.3) is 0 Å². The van der Waals surface area contributed by atoms with Gasteiger partial charge in [0.2, 0.25) is 5.79 Å².